The van der Waals surface area contributed by atoms with Gasteiger partial charge in [-0.05, 0) is 38.5 Å². The number of quaternary nitrogens is 1. The van der Waals surface area contributed by atoms with E-state index in [1.807, 2.05) is 21.1 Å². The van der Waals surface area contributed by atoms with E-state index in [2.05, 4.69) is 26.0 Å². The van der Waals surface area contributed by atoms with Crippen LogP contribution in [0.5, 0.6) is 0 Å². The molecule has 0 amide bonds. The lowest BCUT2D eigenvalue weighted by Gasteiger charge is -2.25. The van der Waals surface area contributed by atoms with Gasteiger partial charge in [0.2, 0.25) is 0 Å². The standard InChI is InChI=1S/C77H149NO8/c1-6-8-10-12-14-16-18-20-22-24-26-28-29-30-31-32-33-34-35-36-37-38-39-40-41-42-43-44-45-46-47-48-50-52-54-56-58-60-62-64-66-68-75(80)86-73(72-85-77(76(81)82)83-70-69-78(3,4)5)71-84-74(79)67-65-63-61-59-57-55-53-51-49-27-25-23-21-19-17-15-13-11-9-7-2/h24,26,73,77H,6-23,25,27-72H2,1-5H3/p+1/b26-24-. The van der Waals surface area contributed by atoms with Crippen LogP contribution in [0.25, 0.3) is 0 Å². The molecule has 0 radical (unpaired) electrons. The molecule has 0 rings (SSSR count). The highest BCUT2D eigenvalue weighted by atomic mass is 16.7. The minimum atomic E-state index is -1.51. The normalized spacial score (nSPS) is 12.6. The van der Waals surface area contributed by atoms with E-state index in [-0.39, 0.29) is 38.2 Å². The molecule has 0 aromatic heterocycles. The molecule has 9 heteroatoms. The van der Waals surface area contributed by atoms with E-state index in [0.29, 0.717) is 17.4 Å². The summed E-state index contributed by atoms with van der Waals surface area (Å²) >= 11 is 0. The minimum absolute atomic E-state index is 0.173. The van der Waals surface area contributed by atoms with Crippen molar-refractivity contribution in [3.8, 4) is 0 Å². The fourth-order valence-electron chi connectivity index (χ4n) is 11.9. The molecular weight excluding hydrogens is 1070 g/mol. The number of carboxylic acid groups (broad SMARTS) is 1. The molecule has 510 valence electrons. The summed E-state index contributed by atoms with van der Waals surface area (Å²) in [6, 6.07) is 0. The highest BCUT2D eigenvalue weighted by molar-refractivity contribution is 5.71. The van der Waals surface area contributed by atoms with Gasteiger partial charge >= 0.3 is 17.9 Å². The first-order chi connectivity index (χ1) is 42.1. The van der Waals surface area contributed by atoms with Gasteiger partial charge in [-0.2, -0.15) is 0 Å². The van der Waals surface area contributed by atoms with Crippen molar-refractivity contribution >= 4 is 17.9 Å². The maximum atomic E-state index is 13.0. The Bertz CT molecular complexity index is 1410. The molecule has 0 aliphatic rings. The van der Waals surface area contributed by atoms with Crippen LogP contribution in [0.1, 0.15) is 406 Å². The lowest BCUT2D eigenvalue weighted by Crippen LogP contribution is -2.40. The quantitative estimate of drug-likeness (QED) is 0.0211. The number of esters is 2. The number of carbonyl (C=O) groups is 3. The van der Waals surface area contributed by atoms with E-state index in [4.69, 9.17) is 18.9 Å². The number of ether oxygens (including phenoxy) is 4. The molecule has 0 aliphatic heterocycles. The Hall–Kier alpha value is -1.97. The second-order valence-corrected chi connectivity index (χ2v) is 27.7. The van der Waals surface area contributed by atoms with Crippen molar-refractivity contribution in [3.05, 3.63) is 12.2 Å². The van der Waals surface area contributed by atoms with Gasteiger partial charge in [0.15, 0.2) is 6.10 Å². The van der Waals surface area contributed by atoms with Crippen molar-refractivity contribution < 1.29 is 42.9 Å². The summed E-state index contributed by atoms with van der Waals surface area (Å²) in [5.41, 5.74) is 0. The smallest absolute Gasteiger partial charge is 0.361 e. The van der Waals surface area contributed by atoms with Gasteiger partial charge in [-0.3, -0.25) is 9.59 Å². The Morgan fingerprint density at radius 3 is 0.860 bits per heavy atom. The highest BCUT2D eigenvalue weighted by Gasteiger charge is 2.25. The molecule has 0 fully saturated rings. The number of carbonyl (C=O) groups excluding carboxylic acids is 2. The van der Waals surface area contributed by atoms with E-state index in [1.165, 1.54) is 340 Å². The van der Waals surface area contributed by atoms with Gasteiger partial charge < -0.3 is 28.5 Å². The van der Waals surface area contributed by atoms with Gasteiger partial charge in [0.25, 0.3) is 6.29 Å². The van der Waals surface area contributed by atoms with Crippen molar-refractivity contribution in [2.45, 2.75) is 418 Å². The molecule has 2 atom stereocenters. The molecule has 0 aromatic carbocycles. The second kappa shape index (κ2) is 68.9. The number of likely N-dealkylation sites (N-methyl/N-ethyl adjacent to an activating group) is 1. The maximum Gasteiger partial charge on any atom is 0.361 e. The Morgan fingerprint density at radius 1 is 0.337 bits per heavy atom. The molecule has 86 heavy (non-hydrogen) atoms. The topological polar surface area (TPSA) is 108 Å². The van der Waals surface area contributed by atoms with Crippen LogP contribution < -0.4 is 0 Å². The zero-order valence-corrected chi connectivity index (χ0v) is 58.5. The monoisotopic (exact) mass is 1220 g/mol. The number of hydrogen-bond acceptors (Lipinski definition) is 7. The Balaban J connectivity index is 3.90. The first-order valence-electron chi connectivity index (χ1n) is 38.4. The van der Waals surface area contributed by atoms with Crippen molar-refractivity contribution in [1.29, 1.82) is 0 Å². The Labute approximate surface area is 535 Å². The molecule has 0 saturated heterocycles. The lowest BCUT2D eigenvalue weighted by molar-refractivity contribution is -0.870. The molecule has 0 saturated carbocycles. The van der Waals surface area contributed by atoms with Crippen LogP contribution in [0.3, 0.4) is 0 Å². The van der Waals surface area contributed by atoms with Gasteiger partial charge in [0.1, 0.15) is 13.2 Å². The predicted octanol–water partition coefficient (Wildman–Crippen LogP) is 24.0. The van der Waals surface area contributed by atoms with Crippen molar-refractivity contribution in [2.24, 2.45) is 0 Å². The molecule has 0 bridgehead atoms. The second-order valence-electron chi connectivity index (χ2n) is 27.7. The van der Waals surface area contributed by atoms with E-state index in [1.54, 1.807) is 0 Å². The van der Waals surface area contributed by atoms with Gasteiger partial charge in [0, 0.05) is 12.8 Å². The third kappa shape index (κ3) is 69.5. The first-order valence-corrected chi connectivity index (χ1v) is 38.4. The number of aliphatic carboxylic acids is 1. The van der Waals surface area contributed by atoms with Crippen molar-refractivity contribution in [3.63, 3.8) is 0 Å². The first kappa shape index (κ1) is 84.0. The molecule has 1 N–H and O–H groups in total. The summed E-state index contributed by atoms with van der Waals surface area (Å²) in [5, 5.41) is 9.75. The van der Waals surface area contributed by atoms with Crippen LogP contribution >= 0.6 is 0 Å². The Morgan fingerprint density at radius 2 is 0.593 bits per heavy atom. The predicted molar refractivity (Wildman–Crippen MR) is 369 cm³/mol. The number of allylic oxidation sites excluding steroid dienone is 2. The Kier molecular flexibility index (Phi) is 67.4. The molecule has 2 unspecified atom stereocenters. The van der Waals surface area contributed by atoms with Crippen molar-refractivity contribution in [1.82, 2.24) is 0 Å². The number of unbranched alkanes of at least 4 members (excludes halogenated alkanes) is 56. The molecule has 9 nitrogen and oxygen atoms in total. The van der Waals surface area contributed by atoms with Crippen LogP contribution in [0, 0.1) is 0 Å². The molecule has 0 spiro atoms. The molecule has 0 aromatic rings. The van der Waals surface area contributed by atoms with E-state index < -0.39 is 18.4 Å². The summed E-state index contributed by atoms with van der Waals surface area (Å²) in [7, 11) is 6.00. The lowest BCUT2D eigenvalue weighted by atomic mass is 10.0. The van der Waals surface area contributed by atoms with Crippen LogP contribution in [0.4, 0.5) is 0 Å². The molecule has 0 aliphatic carbocycles. The largest absolute Gasteiger partial charge is 0.477 e. The van der Waals surface area contributed by atoms with Crippen LogP contribution in [-0.4, -0.2) is 87.4 Å². The maximum absolute atomic E-state index is 13.0. The number of carboxylic acids is 1. The third-order valence-electron chi connectivity index (χ3n) is 17.8. The third-order valence-corrected chi connectivity index (χ3v) is 17.8. The van der Waals surface area contributed by atoms with Gasteiger partial charge in [-0.1, -0.05) is 366 Å². The summed E-state index contributed by atoms with van der Waals surface area (Å²) in [4.78, 5) is 37.6. The minimum Gasteiger partial charge on any atom is -0.477 e. The molecular formula is C77H150NO8+. The van der Waals surface area contributed by atoms with Crippen LogP contribution in [0.15, 0.2) is 12.2 Å². The van der Waals surface area contributed by atoms with Gasteiger partial charge in [-0.15, -0.1) is 0 Å². The van der Waals surface area contributed by atoms with E-state index in [0.717, 1.165) is 38.5 Å². The zero-order valence-electron chi connectivity index (χ0n) is 58.5. The highest BCUT2D eigenvalue weighted by Crippen LogP contribution is 2.20. The van der Waals surface area contributed by atoms with Crippen LogP contribution in [-0.2, 0) is 33.3 Å². The number of hydrogen-bond donors (Lipinski definition) is 1. The van der Waals surface area contributed by atoms with Crippen molar-refractivity contribution in [2.75, 3.05) is 47.5 Å². The van der Waals surface area contributed by atoms with Crippen LogP contribution in [0.2, 0.25) is 0 Å². The van der Waals surface area contributed by atoms with Gasteiger partial charge in [0.05, 0.1) is 34.4 Å². The number of nitrogens with zero attached hydrogens (tertiary/aromatic N) is 1. The average molecular weight is 1220 g/mol. The average Bonchev–Trinajstić information content (AvgIpc) is 3.63. The van der Waals surface area contributed by atoms with Gasteiger partial charge in [-0.25, -0.2) is 4.79 Å². The fourth-order valence-corrected chi connectivity index (χ4v) is 11.9. The summed E-state index contributed by atoms with van der Waals surface area (Å²) in [6.45, 7) is 4.96. The fraction of sp³-hybridized carbons (Fsp3) is 0.935. The molecule has 0 heterocycles. The summed E-state index contributed by atoms with van der Waals surface area (Å²) in [5.74, 6) is -1.97. The zero-order chi connectivity index (χ0) is 62.6. The summed E-state index contributed by atoms with van der Waals surface area (Å²) < 4.78 is 23.0. The number of rotatable bonds is 73. The SMILES string of the molecule is CCCCCCCCCC/C=C\CCCCCCCCCCCCCCCCCCCCCCCCCCCCCCCC(=O)OC(COC(=O)CCCCCCCCCCCCCCCCCCCCCC)COC(OCC[N+](C)(C)C)C(=O)O. The summed E-state index contributed by atoms with van der Waals surface area (Å²) in [6.07, 6.45) is 82.3. The van der Waals surface area contributed by atoms with E-state index >= 15 is 0 Å². The van der Waals surface area contributed by atoms with E-state index in [9.17, 15) is 19.5 Å².